The molecule has 3 saturated carbocycles. The van der Waals surface area contributed by atoms with Gasteiger partial charge in [0.2, 0.25) is 0 Å². The molecule has 0 spiro atoms. The summed E-state index contributed by atoms with van der Waals surface area (Å²) in [5.41, 5.74) is 0. The maximum absolute atomic E-state index is 15.2. The van der Waals surface area contributed by atoms with Gasteiger partial charge < -0.3 is 0 Å². The molecule has 3 aliphatic rings. The topological polar surface area (TPSA) is 0 Å². The quantitative estimate of drug-likeness (QED) is 0.416. The second-order valence-corrected chi connectivity index (χ2v) is 10.8. The van der Waals surface area contributed by atoms with Crippen molar-refractivity contribution in [1.29, 1.82) is 0 Å². The first-order chi connectivity index (χ1) is 13.1. The summed E-state index contributed by atoms with van der Waals surface area (Å²) in [4.78, 5) is 0. The Morgan fingerprint density at radius 2 is 1.26 bits per heavy atom. The van der Waals surface area contributed by atoms with Crippen LogP contribution in [0, 0.1) is 41.4 Å². The molecule has 0 bridgehead atoms. The summed E-state index contributed by atoms with van der Waals surface area (Å²) in [6.07, 6.45) is 19.4. The van der Waals surface area contributed by atoms with Gasteiger partial charge in [-0.1, -0.05) is 59.3 Å². The van der Waals surface area contributed by atoms with Crippen molar-refractivity contribution in [2.75, 3.05) is 0 Å². The highest BCUT2D eigenvalue weighted by Gasteiger charge is 2.40. The Kier molecular flexibility index (Phi) is 8.52. The molecule has 0 amide bonds. The lowest BCUT2D eigenvalue weighted by atomic mass is 9.63. The third-order valence-electron chi connectivity index (χ3n) is 9.00. The molecule has 0 radical (unpaired) electrons. The molecule has 3 aliphatic carbocycles. The maximum atomic E-state index is 15.2. The Bertz CT molecular complexity index is 396. The van der Waals surface area contributed by atoms with E-state index in [9.17, 15) is 0 Å². The van der Waals surface area contributed by atoms with Crippen LogP contribution >= 0.6 is 0 Å². The third kappa shape index (κ3) is 5.72. The molecule has 0 aromatic carbocycles. The second-order valence-electron chi connectivity index (χ2n) is 10.8. The first kappa shape index (κ1) is 21.6. The number of rotatable bonds is 7. The fraction of sp³-hybridized carbons (Fsp3) is 1.00. The first-order valence-electron chi connectivity index (χ1n) is 12.8. The lowest BCUT2D eigenvalue weighted by molar-refractivity contribution is 0.0290. The Hall–Kier alpha value is -0.0700. The van der Waals surface area contributed by atoms with Crippen molar-refractivity contribution in [2.45, 2.75) is 123 Å². The molecule has 27 heavy (non-hydrogen) atoms. The van der Waals surface area contributed by atoms with Crippen molar-refractivity contribution < 1.29 is 4.39 Å². The summed E-state index contributed by atoms with van der Waals surface area (Å²) in [6, 6.07) is 0. The Balaban J connectivity index is 1.45. The largest absolute Gasteiger partial charge is 0.247 e. The van der Waals surface area contributed by atoms with Crippen LogP contribution in [0.1, 0.15) is 117 Å². The lowest BCUT2D eigenvalue weighted by Crippen LogP contribution is -2.37. The minimum Gasteiger partial charge on any atom is -0.247 e. The first-order valence-corrected chi connectivity index (χ1v) is 12.8. The van der Waals surface area contributed by atoms with Gasteiger partial charge in [0.25, 0.3) is 0 Å². The normalized spacial score (nSPS) is 41.0. The van der Waals surface area contributed by atoms with Gasteiger partial charge in [0.05, 0.1) is 0 Å². The van der Waals surface area contributed by atoms with Crippen molar-refractivity contribution in [2.24, 2.45) is 41.4 Å². The summed E-state index contributed by atoms with van der Waals surface area (Å²) in [6.45, 7) is 7.08. The molecule has 0 N–H and O–H groups in total. The zero-order valence-electron chi connectivity index (χ0n) is 18.6. The van der Waals surface area contributed by atoms with Gasteiger partial charge in [-0.2, -0.15) is 0 Å². The molecule has 3 fully saturated rings. The summed E-state index contributed by atoms with van der Waals surface area (Å²) in [5, 5.41) is 0. The van der Waals surface area contributed by atoms with Crippen molar-refractivity contribution in [3.05, 3.63) is 0 Å². The van der Waals surface area contributed by atoms with Gasteiger partial charge >= 0.3 is 0 Å². The van der Waals surface area contributed by atoms with Crippen LogP contribution in [0.25, 0.3) is 0 Å². The van der Waals surface area contributed by atoms with Gasteiger partial charge in [0.15, 0.2) is 0 Å². The van der Waals surface area contributed by atoms with E-state index in [2.05, 4.69) is 20.8 Å². The molecule has 3 rings (SSSR count). The average Bonchev–Trinajstić information content (AvgIpc) is 2.68. The van der Waals surface area contributed by atoms with E-state index in [0.29, 0.717) is 17.8 Å². The van der Waals surface area contributed by atoms with Gasteiger partial charge in [-0.3, -0.25) is 0 Å². The van der Waals surface area contributed by atoms with E-state index in [0.717, 1.165) is 30.1 Å². The Morgan fingerprint density at radius 1 is 0.704 bits per heavy atom. The molecule has 0 aliphatic heterocycles. The van der Waals surface area contributed by atoms with Crippen LogP contribution in [-0.4, -0.2) is 6.17 Å². The van der Waals surface area contributed by atoms with E-state index >= 15 is 4.39 Å². The van der Waals surface area contributed by atoms with Crippen LogP contribution in [0.3, 0.4) is 0 Å². The van der Waals surface area contributed by atoms with Crippen molar-refractivity contribution in [3.8, 4) is 0 Å². The number of halogens is 1. The van der Waals surface area contributed by atoms with E-state index in [4.69, 9.17) is 0 Å². The van der Waals surface area contributed by atoms with Crippen molar-refractivity contribution in [1.82, 2.24) is 0 Å². The maximum Gasteiger partial charge on any atom is 0.103 e. The number of hydrogen-bond donors (Lipinski definition) is 0. The van der Waals surface area contributed by atoms with Gasteiger partial charge in [0, 0.05) is 0 Å². The standard InChI is InChI=1S/C26H47F/c1-4-6-20(7-5-2)21-12-14-23(15-13-21)25-17-16-24(18-26(25)27)22-10-8-19(3)9-11-22/h19-26H,4-18H2,1-3H3/t19?,21?,22?,23?,24-,25?,26?/m0/s1. The predicted molar refractivity (Wildman–Crippen MR) is 116 cm³/mol. The van der Waals surface area contributed by atoms with E-state index in [-0.39, 0.29) is 0 Å². The van der Waals surface area contributed by atoms with E-state index in [1.54, 1.807) is 0 Å². The fourth-order valence-electron chi connectivity index (χ4n) is 7.29. The fourth-order valence-corrected chi connectivity index (χ4v) is 7.29. The molecule has 0 nitrogen and oxygen atoms in total. The minimum atomic E-state index is -0.494. The van der Waals surface area contributed by atoms with Gasteiger partial charge in [-0.05, 0) is 99.2 Å². The molecular formula is C26H47F. The second kappa shape index (κ2) is 10.6. The highest BCUT2D eigenvalue weighted by Crippen LogP contribution is 2.48. The SMILES string of the molecule is CCCC(CCC)C1CCC(C2CC[C@H](C3CCC(C)CC3)CC2F)CC1. The monoisotopic (exact) mass is 378 g/mol. The van der Waals surface area contributed by atoms with Crippen LogP contribution < -0.4 is 0 Å². The van der Waals surface area contributed by atoms with E-state index in [1.165, 1.54) is 89.9 Å². The zero-order valence-corrected chi connectivity index (χ0v) is 18.6. The van der Waals surface area contributed by atoms with Gasteiger partial charge in [-0.15, -0.1) is 0 Å². The summed E-state index contributed by atoms with van der Waals surface area (Å²) in [5.74, 6) is 5.47. The minimum absolute atomic E-state index is 0.403. The van der Waals surface area contributed by atoms with Gasteiger partial charge in [-0.25, -0.2) is 4.39 Å². The molecule has 0 heterocycles. The zero-order chi connectivity index (χ0) is 19.2. The predicted octanol–water partition coefficient (Wildman–Crippen LogP) is 8.59. The summed E-state index contributed by atoms with van der Waals surface area (Å²) in [7, 11) is 0. The molecule has 3 atom stereocenters. The molecule has 0 aromatic rings. The average molecular weight is 379 g/mol. The van der Waals surface area contributed by atoms with Crippen LogP contribution in [0.15, 0.2) is 0 Å². The van der Waals surface area contributed by atoms with Crippen molar-refractivity contribution >= 4 is 0 Å². The van der Waals surface area contributed by atoms with E-state index < -0.39 is 6.17 Å². The van der Waals surface area contributed by atoms with Crippen molar-refractivity contribution in [3.63, 3.8) is 0 Å². The molecule has 1 heteroatoms. The highest BCUT2D eigenvalue weighted by molar-refractivity contribution is 4.90. The van der Waals surface area contributed by atoms with Crippen LogP contribution in [0.4, 0.5) is 4.39 Å². The third-order valence-corrected chi connectivity index (χ3v) is 9.00. The number of alkyl halides is 1. The highest BCUT2D eigenvalue weighted by atomic mass is 19.1. The molecule has 0 aromatic heterocycles. The Labute approximate surface area is 169 Å². The van der Waals surface area contributed by atoms with Crippen LogP contribution in [0.2, 0.25) is 0 Å². The molecule has 158 valence electrons. The molecule has 2 unspecified atom stereocenters. The van der Waals surface area contributed by atoms with Gasteiger partial charge in [0.1, 0.15) is 6.17 Å². The molecule has 0 saturated heterocycles. The summed E-state index contributed by atoms with van der Waals surface area (Å²) < 4.78 is 15.2. The van der Waals surface area contributed by atoms with Crippen LogP contribution in [0.5, 0.6) is 0 Å². The molecular weight excluding hydrogens is 331 g/mol. The lowest BCUT2D eigenvalue weighted by Gasteiger charge is -2.43. The summed E-state index contributed by atoms with van der Waals surface area (Å²) >= 11 is 0. The number of hydrogen-bond acceptors (Lipinski definition) is 0. The van der Waals surface area contributed by atoms with E-state index in [1.807, 2.05) is 0 Å². The smallest absolute Gasteiger partial charge is 0.103 e. The van der Waals surface area contributed by atoms with Crippen LogP contribution in [-0.2, 0) is 0 Å². The Morgan fingerprint density at radius 3 is 1.81 bits per heavy atom.